The molecule has 0 amide bonds. The van der Waals surface area contributed by atoms with Crippen LogP contribution < -0.4 is 0 Å². The number of fused-ring (bicyclic) bond motifs is 1. The van der Waals surface area contributed by atoms with Crippen LogP contribution in [0.2, 0.25) is 0 Å². The molecule has 6 rings (SSSR count). The van der Waals surface area contributed by atoms with Crippen LogP contribution in [0.25, 0.3) is 44.7 Å². The van der Waals surface area contributed by atoms with E-state index in [1.807, 2.05) is 20.8 Å². The van der Waals surface area contributed by atoms with Gasteiger partial charge in [-0.1, -0.05) is 76.4 Å². The number of hydrogen-bond acceptors (Lipinski definition) is 4. The maximum absolute atomic E-state index is 8.25. The Balaban J connectivity index is 0.000000265. The Kier molecular flexibility index (Phi) is 5.69. The summed E-state index contributed by atoms with van der Waals surface area (Å²) in [4.78, 5) is 12.6. The molecule has 3 heterocycles. The number of oxazole rings is 1. The van der Waals surface area contributed by atoms with Crippen LogP contribution in [-0.2, 0) is 26.5 Å². The van der Waals surface area contributed by atoms with Crippen LogP contribution in [0.1, 0.15) is 68.1 Å². The zero-order valence-electron chi connectivity index (χ0n) is 37.7. The van der Waals surface area contributed by atoms with Gasteiger partial charge in [-0.2, -0.15) is 0 Å². The van der Waals surface area contributed by atoms with Gasteiger partial charge < -0.3 is 14.4 Å². The van der Waals surface area contributed by atoms with Gasteiger partial charge in [-0.3, -0.25) is 0 Å². The maximum Gasteiger partial charge on any atom is 0.192 e. The summed E-state index contributed by atoms with van der Waals surface area (Å²) in [6.07, 6.45) is 1.29. The van der Waals surface area contributed by atoms with Crippen molar-refractivity contribution in [3.8, 4) is 33.6 Å². The predicted octanol–water partition coefficient (Wildman–Crippen LogP) is 9.73. The second kappa shape index (κ2) is 13.6. The van der Waals surface area contributed by atoms with Crippen molar-refractivity contribution in [2.45, 2.75) is 54.6 Å². The van der Waals surface area contributed by atoms with Crippen molar-refractivity contribution < 1.29 is 43.7 Å². The van der Waals surface area contributed by atoms with Crippen LogP contribution >= 0.6 is 0 Å². The number of benzene rings is 3. The molecule has 0 aliphatic carbocycles. The molecular weight excluding hydrogens is 707 g/mol. The van der Waals surface area contributed by atoms with Gasteiger partial charge in [-0.15, -0.1) is 64.7 Å². The summed E-state index contributed by atoms with van der Waals surface area (Å²) in [5.41, 5.74) is 3.56. The van der Waals surface area contributed by atoms with Gasteiger partial charge in [-0.25, -0.2) is 4.98 Å². The Hall–Kier alpha value is -3.92. The fourth-order valence-corrected chi connectivity index (χ4v) is 4.23. The smallest absolute Gasteiger partial charge is 0.192 e. The minimum atomic E-state index is -2.56. The number of rotatable bonds is 4. The zero-order chi connectivity index (χ0) is 41.6. The molecule has 3 aromatic heterocycles. The molecule has 0 unspecified atom stereocenters. The fraction of sp³-hybridized carbons (Fsp3) is 0.237. The molecule has 0 aliphatic heterocycles. The van der Waals surface area contributed by atoms with Gasteiger partial charge >= 0.3 is 0 Å². The van der Waals surface area contributed by atoms with Crippen molar-refractivity contribution in [1.82, 2.24) is 15.0 Å². The van der Waals surface area contributed by atoms with Crippen molar-refractivity contribution in [2.24, 2.45) is 5.41 Å². The Labute approximate surface area is 288 Å². The third-order valence-corrected chi connectivity index (χ3v) is 6.07. The molecule has 221 valence electrons. The van der Waals surface area contributed by atoms with Crippen LogP contribution in [0, 0.1) is 45.0 Å². The first kappa shape index (κ1) is 18.0. The first-order valence-corrected chi connectivity index (χ1v) is 13.1. The van der Waals surface area contributed by atoms with Crippen LogP contribution in [0.5, 0.6) is 0 Å². The van der Waals surface area contributed by atoms with E-state index < -0.39 is 45.1 Å². The van der Waals surface area contributed by atoms with Crippen molar-refractivity contribution in [3.05, 3.63) is 125 Å². The first-order valence-electron chi connectivity index (χ1n) is 20.1. The number of pyridine rings is 2. The number of nitrogens with zero attached hydrogens (tertiary/aromatic N) is 3. The van der Waals surface area contributed by atoms with Crippen LogP contribution in [0.4, 0.5) is 0 Å². The fourth-order valence-electron chi connectivity index (χ4n) is 4.23. The van der Waals surface area contributed by atoms with Crippen molar-refractivity contribution in [3.63, 3.8) is 0 Å². The van der Waals surface area contributed by atoms with E-state index in [0.717, 1.165) is 0 Å². The molecule has 0 spiro atoms. The zero-order valence-corrected chi connectivity index (χ0v) is 26.1. The molecule has 1 radical (unpaired) electrons. The largest absolute Gasteiger partial charge is 0.441 e. The molecule has 0 fully saturated rings. The number of aromatic nitrogens is 3. The SMILES string of the molecule is [2H]C([2H])([2H])c1c[c-]c(-c2ccc(C([2H])([2H])C(C)(C)C)cn2)cc1.[2H]C([2H])([2H])c1ccc(-c2[c-]cc(C([2H])([2H])[2H])c(-c3cccc4oc(C([2H])([2H])[2H])nc34)c2)nc1.[Ir]. The molecule has 0 saturated carbocycles. The Morgan fingerprint density at radius 1 is 0.791 bits per heavy atom. The van der Waals surface area contributed by atoms with E-state index in [1.54, 1.807) is 48.5 Å². The number of aryl methyl sites for hydroxylation is 4. The van der Waals surface area contributed by atoms with Gasteiger partial charge in [0.2, 0.25) is 0 Å². The molecule has 0 N–H and O–H groups in total. The van der Waals surface area contributed by atoms with Gasteiger partial charge in [0.25, 0.3) is 0 Å². The summed E-state index contributed by atoms with van der Waals surface area (Å²) < 4.78 is 113. The van der Waals surface area contributed by atoms with Crippen molar-refractivity contribution in [1.29, 1.82) is 0 Å². The first-order chi connectivity index (χ1) is 25.7. The van der Waals surface area contributed by atoms with Crippen molar-refractivity contribution in [2.75, 3.05) is 0 Å². The molecule has 0 bridgehead atoms. The molecule has 4 nitrogen and oxygen atoms in total. The third-order valence-electron chi connectivity index (χ3n) is 6.07. The molecule has 3 aromatic carbocycles. The summed E-state index contributed by atoms with van der Waals surface area (Å²) in [5.74, 6) is -0.440. The maximum atomic E-state index is 8.25. The molecule has 0 saturated heterocycles. The molecule has 5 heteroatoms. The summed E-state index contributed by atoms with van der Waals surface area (Å²) in [5, 5.41) is 0. The Morgan fingerprint density at radius 3 is 2.21 bits per heavy atom. The average molecular weight is 758 g/mol. The Morgan fingerprint density at radius 2 is 1.56 bits per heavy atom. The predicted molar refractivity (Wildman–Crippen MR) is 172 cm³/mol. The summed E-state index contributed by atoms with van der Waals surface area (Å²) in [6, 6.07) is 24.6. The molecule has 0 aliphatic rings. The van der Waals surface area contributed by atoms with E-state index in [9.17, 15) is 0 Å². The van der Waals surface area contributed by atoms with E-state index >= 15 is 0 Å². The van der Waals surface area contributed by atoms with Gasteiger partial charge in [0.15, 0.2) is 11.5 Å². The van der Waals surface area contributed by atoms with E-state index in [2.05, 4.69) is 27.1 Å². The van der Waals surface area contributed by atoms with Gasteiger partial charge in [0.1, 0.15) is 5.52 Å². The minimum Gasteiger partial charge on any atom is -0.441 e. The normalized spacial score (nSPS) is 17.4. The Bertz CT molecular complexity index is 2300. The second-order valence-corrected chi connectivity index (χ2v) is 10.6. The van der Waals surface area contributed by atoms with E-state index in [4.69, 9.17) is 23.6 Å². The average Bonchev–Trinajstić information content (AvgIpc) is 3.56. The van der Waals surface area contributed by atoms with Gasteiger partial charge in [-0.05, 0) is 52.8 Å². The molecule has 6 aromatic rings. The topological polar surface area (TPSA) is 51.8 Å². The van der Waals surface area contributed by atoms with E-state index in [0.29, 0.717) is 39.2 Å². The molecule has 43 heavy (non-hydrogen) atoms. The third kappa shape index (κ3) is 8.13. The van der Waals surface area contributed by atoms with Crippen LogP contribution in [0.3, 0.4) is 0 Å². The van der Waals surface area contributed by atoms with Crippen molar-refractivity contribution >= 4 is 11.1 Å². The van der Waals surface area contributed by atoms with Crippen LogP contribution in [0.15, 0.2) is 89.6 Å². The minimum absolute atomic E-state index is 0. The quantitative estimate of drug-likeness (QED) is 0.168. The molecule has 0 atom stereocenters. The van der Waals surface area contributed by atoms with Gasteiger partial charge in [0, 0.05) is 58.5 Å². The number of hydrogen-bond donors (Lipinski definition) is 0. The molecular formula is C38H37IrN3O-2. The standard InChI is InChI=1S/C21H17N2O.C17H20N.Ir/c1-13-7-10-19(22-12-13)16-9-8-14(2)18(11-16)17-5-4-6-20-21(17)23-15(3)24-20;1-13-5-8-15(9-6-13)16-10-7-14(12-18-16)11-17(2,3)4;/h4-8,10-12H,1-3H3;5-8,10,12H,11H2,1-4H3;/q2*-1;/i1D3,2D3,3D3;1D3,11D2;. The second-order valence-electron chi connectivity index (χ2n) is 10.6. The van der Waals surface area contributed by atoms with E-state index in [1.165, 1.54) is 36.7 Å². The van der Waals surface area contributed by atoms with Crippen LogP contribution in [-0.4, -0.2) is 15.0 Å². The number of para-hydroxylation sites is 1. The summed E-state index contributed by atoms with van der Waals surface area (Å²) >= 11 is 0. The van der Waals surface area contributed by atoms with Gasteiger partial charge in [0.05, 0.1) is 0 Å². The van der Waals surface area contributed by atoms with E-state index in [-0.39, 0.29) is 47.9 Å². The summed E-state index contributed by atoms with van der Waals surface area (Å²) in [6.45, 7) is -3.94. The summed E-state index contributed by atoms with van der Waals surface area (Å²) in [7, 11) is 0. The monoisotopic (exact) mass is 758 g/mol.